The van der Waals surface area contributed by atoms with Gasteiger partial charge in [-0.2, -0.15) is 13.2 Å². The average Bonchev–Trinajstić information content (AvgIpc) is 2.52. The number of methoxy groups -OCH3 is 2. The highest BCUT2D eigenvalue weighted by molar-refractivity contribution is 5.95. The highest BCUT2D eigenvalue weighted by Crippen LogP contribution is 2.31. The first-order valence-electron chi connectivity index (χ1n) is 7.56. The highest BCUT2D eigenvalue weighted by atomic mass is 19.4. The van der Waals surface area contributed by atoms with E-state index in [4.69, 9.17) is 9.47 Å². The summed E-state index contributed by atoms with van der Waals surface area (Å²) in [5, 5.41) is 2.78. The first-order chi connectivity index (χ1) is 11.3. The molecule has 1 aromatic carbocycles. The predicted molar refractivity (Wildman–Crippen MR) is 82.5 cm³/mol. The summed E-state index contributed by atoms with van der Waals surface area (Å²) in [7, 11) is 4.38. The molecule has 0 spiro atoms. The van der Waals surface area contributed by atoms with Crippen LogP contribution < -0.4 is 14.8 Å². The molecule has 1 N–H and O–H groups in total. The molecule has 1 heterocycles. The summed E-state index contributed by atoms with van der Waals surface area (Å²) in [6.45, 7) is 0.156. The van der Waals surface area contributed by atoms with Crippen LogP contribution in [0.1, 0.15) is 23.2 Å². The summed E-state index contributed by atoms with van der Waals surface area (Å²) in [6.07, 6.45) is -3.99. The molecule has 134 valence electrons. The maximum absolute atomic E-state index is 12.8. The number of carbonyl (C=O) groups is 1. The monoisotopic (exact) mass is 346 g/mol. The third-order valence-corrected chi connectivity index (χ3v) is 4.19. The van der Waals surface area contributed by atoms with Gasteiger partial charge >= 0.3 is 6.18 Å². The van der Waals surface area contributed by atoms with E-state index in [-0.39, 0.29) is 31.3 Å². The average molecular weight is 346 g/mol. The molecule has 0 bridgehead atoms. The van der Waals surface area contributed by atoms with E-state index in [0.717, 1.165) is 0 Å². The lowest BCUT2D eigenvalue weighted by atomic mass is 9.98. The number of carbonyl (C=O) groups excluding carboxylic acids is 1. The third-order valence-electron chi connectivity index (χ3n) is 4.19. The van der Waals surface area contributed by atoms with Crippen LogP contribution in [0, 0.1) is 0 Å². The maximum atomic E-state index is 12.8. The Labute approximate surface area is 138 Å². The smallest absolute Gasteiger partial charge is 0.404 e. The van der Waals surface area contributed by atoms with Crippen LogP contribution in [-0.2, 0) is 0 Å². The topological polar surface area (TPSA) is 50.8 Å². The standard InChI is InChI=1S/C16H21F3N2O3/c1-21-9-11(5-7-14(21)16(17,18)19)20-15(22)10-4-6-12(23-2)13(8-10)24-3/h4,6,8,11,14H,5,7,9H2,1-3H3,(H,20,22). The largest absolute Gasteiger partial charge is 0.493 e. The molecule has 1 aliphatic heterocycles. The molecule has 1 aliphatic rings. The van der Waals surface area contributed by atoms with Crippen LogP contribution in [0.15, 0.2) is 18.2 Å². The van der Waals surface area contributed by atoms with Crippen LogP contribution in [0.3, 0.4) is 0 Å². The minimum absolute atomic E-state index is 0.0309. The van der Waals surface area contributed by atoms with Crippen LogP contribution >= 0.6 is 0 Å². The summed E-state index contributed by atoms with van der Waals surface area (Å²) in [6, 6.07) is 2.96. The Morgan fingerprint density at radius 1 is 1.21 bits per heavy atom. The van der Waals surface area contributed by atoms with E-state index in [0.29, 0.717) is 17.1 Å². The Bertz CT molecular complexity index is 592. The predicted octanol–water partition coefficient (Wildman–Crippen LogP) is 2.46. The fourth-order valence-electron chi connectivity index (χ4n) is 2.92. The molecule has 0 aliphatic carbocycles. The molecule has 8 heteroatoms. The Hall–Kier alpha value is -1.96. The molecule has 0 saturated carbocycles. The number of hydrogen-bond acceptors (Lipinski definition) is 4. The number of hydrogen-bond donors (Lipinski definition) is 1. The SMILES string of the molecule is COc1ccc(C(=O)NC2CCC(C(F)(F)F)N(C)C2)cc1OC. The van der Waals surface area contributed by atoms with Crippen molar-refractivity contribution in [3.05, 3.63) is 23.8 Å². The van der Waals surface area contributed by atoms with E-state index in [1.165, 1.54) is 26.2 Å². The van der Waals surface area contributed by atoms with Gasteiger partial charge in [0.2, 0.25) is 0 Å². The highest BCUT2D eigenvalue weighted by Gasteiger charge is 2.44. The van der Waals surface area contributed by atoms with Crippen molar-refractivity contribution in [3.8, 4) is 11.5 Å². The van der Waals surface area contributed by atoms with Crippen molar-refractivity contribution in [1.82, 2.24) is 10.2 Å². The van der Waals surface area contributed by atoms with Crippen molar-refractivity contribution < 1.29 is 27.4 Å². The molecule has 2 rings (SSSR count). The Morgan fingerprint density at radius 3 is 2.42 bits per heavy atom. The van der Waals surface area contributed by atoms with E-state index in [1.807, 2.05) is 0 Å². The van der Waals surface area contributed by atoms with E-state index < -0.39 is 12.2 Å². The third kappa shape index (κ3) is 4.11. The number of alkyl halides is 3. The van der Waals surface area contributed by atoms with Gasteiger partial charge in [-0.1, -0.05) is 0 Å². The van der Waals surface area contributed by atoms with Gasteiger partial charge in [0.25, 0.3) is 5.91 Å². The molecule has 2 atom stereocenters. The summed E-state index contributed by atoms with van der Waals surface area (Å²) >= 11 is 0. The molecule has 0 aromatic heterocycles. The van der Waals surface area contributed by atoms with Gasteiger partial charge in [-0.15, -0.1) is 0 Å². The van der Waals surface area contributed by atoms with Crippen molar-refractivity contribution in [3.63, 3.8) is 0 Å². The number of likely N-dealkylation sites (tertiary alicyclic amines) is 1. The number of benzene rings is 1. The molecule has 2 unspecified atom stereocenters. The van der Waals surface area contributed by atoms with Crippen molar-refractivity contribution in [2.24, 2.45) is 0 Å². The van der Waals surface area contributed by atoms with Crippen molar-refractivity contribution in [2.75, 3.05) is 27.8 Å². The van der Waals surface area contributed by atoms with E-state index in [1.54, 1.807) is 18.2 Å². The number of ether oxygens (including phenoxy) is 2. The molecule has 5 nitrogen and oxygen atoms in total. The zero-order chi connectivity index (χ0) is 17.9. The summed E-state index contributed by atoms with van der Waals surface area (Å²) < 4.78 is 48.8. The Balaban J connectivity index is 2.01. The van der Waals surface area contributed by atoms with Gasteiger partial charge in [-0.25, -0.2) is 0 Å². The fraction of sp³-hybridized carbons (Fsp3) is 0.562. The van der Waals surface area contributed by atoms with Crippen molar-refractivity contribution in [2.45, 2.75) is 31.1 Å². The molecule has 0 radical (unpaired) electrons. The lowest BCUT2D eigenvalue weighted by molar-refractivity contribution is -0.188. The van der Waals surface area contributed by atoms with Gasteiger partial charge in [-0.3, -0.25) is 9.69 Å². The molecular formula is C16H21F3N2O3. The Kier molecular flexibility index (Phi) is 5.58. The lowest BCUT2D eigenvalue weighted by Gasteiger charge is -2.38. The number of amides is 1. The van der Waals surface area contributed by atoms with Gasteiger partial charge in [-0.05, 0) is 38.1 Å². The number of likely N-dealkylation sites (N-methyl/N-ethyl adjacent to an activating group) is 1. The van der Waals surface area contributed by atoms with Gasteiger partial charge in [0.1, 0.15) is 6.04 Å². The molecule has 1 fully saturated rings. The summed E-state index contributed by atoms with van der Waals surface area (Å²) in [4.78, 5) is 13.6. The zero-order valence-corrected chi connectivity index (χ0v) is 13.8. The van der Waals surface area contributed by atoms with Gasteiger partial charge in [0.05, 0.1) is 14.2 Å². The number of rotatable bonds is 4. The number of halogens is 3. The van der Waals surface area contributed by atoms with E-state index in [2.05, 4.69) is 5.32 Å². The fourth-order valence-corrected chi connectivity index (χ4v) is 2.92. The van der Waals surface area contributed by atoms with Gasteiger partial charge in [0.15, 0.2) is 11.5 Å². The van der Waals surface area contributed by atoms with Crippen molar-refractivity contribution in [1.29, 1.82) is 0 Å². The second kappa shape index (κ2) is 7.29. The normalized spacial score (nSPS) is 22.1. The van der Waals surface area contributed by atoms with Crippen LogP contribution in [0.25, 0.3) is 0 Å². The quantitative estimate of drug-likeness (QED) is 0.910. The van der Waals surface area contributed by atoms with Crippen LogP contribution in [-0.4, -0.2) is 56.9 Å². The second-order valence-corrected chi connectivity index (χ2v) is 5.81. The minimum Gasteiger partial charge on any atom is -0.493 e. The lowest BCUT2D eigenvalue weighted by Crippen LogP contribution is -2.54. The molecule has 1 aromatic rings. The summed E-state index contributed by atoms with van der Waals surface area (Å²) in [5.41, 5.74) is 0.369. The second-order valence-electron chi connectivity index (χ2n) is 5.81. The number of nitrogens with zero attached hydrogens (tertiary/aromatic N) is 1. The summed E-state index contributed by atoms with van der Waals surface area (Å²) in [5.74, 6) is 0.572. The maximum Gasteiger partial charge on any atom is 0.404 e. The van der Waals surface area contributed by atoms with Crippen LogP contribution in [0.2, 0.25) is 0 Å². The van der Waals surface area contributed by atoms with E-state index in [9.17, 15) is 18.0 Å². The molecular weight excluding hydrogens is 325 g/mol. The minimum atomic E-state index is -4.24. The number of nitrogens with one attached hydrogen (secondary N) is 1. The van der Waals surface area contributed by atoms with E-state index >= 15 is 0 Å². The first kappa shape index (κ1) is 18.4. The van der Waals surface area contributed by atoms with Crippen LogP contribution in [0.4, 0.5) is 13.2 Å². The molecule has 1 saturated heterocycles. The van der Waals surface area contributed by atoms with Gasteiger partial charge in [0, 0.05) is 18.2 Å². The molecule has 24 heavy (non-hydrogen) atoms. The Morgan fingerprint density at radius 2 is 1.88 bits per heavy atom. The zero-order valence-electron chi connectivity index (χ0n) is 13.8. The number of piperidine rings is 1. The molecule has 1 amide bonds. The van der Waals surface area contributed by atoms with Gasteiger partial charge < -0.3 is 14.8 Å². The van der Waals surface area contributed by atoms with Crippen LogP contribution in [0.5, 0.6) is 11.5 Å². The van der Waals surface area contributed by atoms with Crippen molar-refractivity contribution >= 4 is 5.91 Å². The first-order valence-corrected chi connectivity index (χ1v) is 7.56.